The van der Waals surface area contributed by atoms with Crippen molar-refractivity contribution in [3.8, 4) is 6.07 Å². The molecule has 3 aromatic rings. The summed E-state index contributed by atoms with van der Waals surface area (Å²) in [6, 6.07) is 15.1. The Labute approximate surface area is 177 Å². The SMILES string of the molecule is Cc1ccc(S(=O)(=O)NCC2CCCN(Cc3cn4ccccc4c3C#N)C2)cc1. The van der Waals surface area contributed by atoms with E-state index in [0.717, 1.165) is 48.1 Å². The van der Waals surface area contributed by atoms with Crippen LogP contribution in [-0.4, -0.2) is 37.4 Å². The number of pyridine rings is 1. The molecule has 1 N–H and O–H groups in total. The third-order valence-corrected chi connectivity index (χ3v) is 7.20. The van der Waals surface area contributed by atoms with Gasteiger partial charge in [0.2, 0.25) is 10.0 Å². The van der Waals surface area contributed by atoms with Crippen molar-refractivity contribution in [3.05, 3.63) is 71.5 Å². The highest BCUT2D eigenvalue weighted by atomic mass is 32.2. The van der Waals surface area contributed by atoms with Crippen molar-refractivity contribution < 1.29 is 8.42 Å². The number of piperidine rings is 1. The molecule has 0 bridgehead atoms. The first kappa shape index (κ1) is 20.6. The van der Waals surface area contributed by atoms with E-state index in [1.54, 1.807) is 12.1 Å². The predicted molar refractivity (Wildman–Crippen MR) is 116 cm³/mol. The molecule has 1 unspecified atom stereocenters. The lowest BCUT2D eigenvalue weighted by atomic mass is 9.98. The van der Waals surface area contributed by atoms with E-state index < -0.39 is 10.0 Å². The molecule has 0 radical (unpaired) electrons. The molecule has 1 fully saturated rings. The number of rotatable bonds is 6. The Bertz CT molecular complexity index is 1180. The van der Waals surface area contributed by atoms with E-state index in [1.807, 2.05) is 54.0 Å². The van der Waals surface area contributed by atoms with Crippen molar-refractivity contribution >= 4 is 15.5 Å². The Balaban J connectivity index is 1.40. The Hall–Kier alpha value is -2.66. The first-order valence-electron chi connectivity index (χ1n) is 10.2. The number of fused-ring (bicyclic) bond motifs is 1. The van der Waals surface area contributed by atoms with Gasteiger partial charge < -0.3 is 4.40 Å². The Morgan fingerprint density at radius 1 is 1.20 bits per heavy atom. The van der Waals surface area contributed by atoms with Gasteiger partial charge >= 0.3 is 0 Å². The Morgan fingerprint density at radius 3 is 2.77 bits per heavy atom. The number of sulfonamides is 1. The first-order chi connectivity index (χ1) is 14.5. The second kappa shape index (κ2) is 8.60. The van der Waals surface area contributed by atoms with E-state index in [9.17, 15) is 13.7 Å². The molecule has 2 aromatic heterocycles. The third kappa shape index (κ3) is 4.41. The average Bonchev–Trinajstić information content (AvgIpc) is 3.10. The summed E-state index contributed by atoms with van der Waals surface area (Å²) < 4.78 is 29.9. The van der Waals surface area contributed by atoms with E-state index in [1.165, 1.54) is 0 Å². The molecule has 0 spiro atoms. The molecular weight excluding hydrogens is 396 g/mol. The number of hydrogen-bond acceptors (Lipinski definition) is 4. The lowest BCUT2D eigenvalue weighted by Crippen LogP contribution is -2.40. The molecule has 3 heterocycles. The van der Waals surface area contributed by atoms with E-state index in [0.29, 0.717) is 18.0 Å². The smallest absolute Gasteiger partial charge is 0.240 e. The lowest BCUT2D eigenvalue weighted by molar-refractivity contribution is 0.169. The number of likely N-dealkylation sites (tertiary alicyclic amines) is 1. The number of benzene rings is 1. The quantitative estimate of drug-likeness (QED) is 0.661. The summed E-state index contributed by atoms with van der Waals surface area (Å²) in [5, 5.41) is 9.63. The highest BCUT2D eigenvalue weighted by molar-refractivity contribution is 7.89. The maximum atomic E-state index is 12.6. The number of aryl methyl sites for hydroxylation is 1. The maximum absolute atomic E-state index is 12.6. The zero-order valence-corrected chi connectivity index (χ0v) is 17.9. The lowest BCUT2D eigenvalue weighted by Gasteiger charge is -2.32. The van der Waals surface area contributed by atoms with Gasteiger partial charge in [0.1, 0.15) is 6.07 Å². The van der Waals surface area contributed by atoms with E-state index >= 15 is 0 Å². The summed E-state index contributed by atoms with van der Waals surface area (Å²) in [6.45, 7) is 4.83. The van der Waals surface area contributed by atoms with Gasteiger partial charge in [0, 0.05) is 37.6 Å². The molecule has 0 saturated carbocycles. The highest BCUT2D eigenvalue weighted by Crippen LogP contribution is 2.23. The van der Waals surface area contributed by atoms with Gasteiger partial charge in [-0.05, 0) is 56.5 Å². The van der Waals surface area contributed by atoms with Crippen LogP contribution >= 0.6 is 0 Å². The molecule has 1 saturated heterocycles. The van der Waals surface area contributed by atoms with Crippen molar-refractivity contribution in [2.24, 2.45) is 5.92 Å². The molecule has 7 heteroatoms. The van der Waals surface area contributed by atoms with Crippen LogP contribution in [0.2, 0.25) is 0 Å². The van der Waals surface area contributed by atoms with Crippen molar-refractivity contribution in [1.82, 2.24) is 14.0 Å². The minimum atomic E-state index is -3.50. The molecule has 0 amide bonds. The Morgan fingerprint density at radius 2 is 2.00 bits per heavy atom. The van der Waals surface area contributed by atoms with Crippen LogP contribution in [0.25, 0.3) is 5.52 Å². The maximum Gasteiger partial charge on any atom is 0.240 e. The van der Waals surface area contributed by atoms with Crippen LogP contribution in [0.1, 0.15) is 29.5 Å². The zero-order valence-electron chi connectivity index (χ0n) is 17.1. The number of aromatic nitrogens is 1. The topological polar surface area (TPSA) is 77.6 Å². The second-order valence-corrected chi connectivity index (χ2v) is 9.81. The van der Waals surface area contributed by atoms with Crippen LogP contribution in [0.3, 0.4) is 0 Å². The summed E-state index contributed by atoms with van der Waals surface area (Å²) >= 11 is 0. The van der Waals surface area contributed by atoms with Gasteiger partial charge in [-0.2, -0.15) is 5.26 Å². The molecule has 1 aliphatic heterocycles. The van der Waals surface area contributed by atoms with Crippen LogP contribution in [0.15, 0.2) is 59.8 Å². The number of nitrogens with zero attached hydrogens (tertiary/aromatic N) is 3. The summed E-state index contributed by atoms with van der Waals surface area (Å²) in [5.41, 5.74) is 3.70. The summed E-state index contributed by atoms with van der Waals surface area (Å²) in [4.78, 5) is 2.63. The monoisotopic (exact) mass is 422 g/mol. The fourth-order valence-electron chi connectivity index (χ4n) is 4.16. The number of nitriles is 1. The van der Waals surface area contributed by atoms with E-state index in [-0.39, 0.29) is 5.92 Å². The summed E-state index contributed by atoms with van der Waals surface area (Å²) in [5.74, 6) is 0.251. The van der Waals surface area contributed by atoms with Gasteiger partial charge in [-0.1, -0.05) is 23.8 Å². The van der Waals surface area contributed by atoms with Gasteiger partial charge in [0.15, 0.2) is 0 Å². The molecule has 1 aromatic carbocycles. The van der Waals surface area contributed by atoms with Crippen LogP contribution in [0.4, 0.5) is 0 Å². The predicted octanol–water partition coefficient (Wildman–Crippen LogP) is 3.31. The van der Waals surface area contributed by atoms with Crippen molar-refractivity contribution in [1.29, 1.82) is 5.26 Å². The summed E-state index contributed by atoms with van der Waals surface area (Å²) in [6.07, 6.45) is 6.00. The van der Waals surface area contributed by atoms with Crippen LogP contribution in [0.5, 0.6) is 0 Å². The Kier molecular flexibility index (Phi) is 5.91. The van der Waals surface area contributed by atoms with Crippen molar-refractivity contribution in [2.75, 3.05) is 19.6 Å². The molecule has 1 aliphatic rings. The van der Waals surface area contributed by atoms with E-state index in [2.05, 4.69) is 15.7 Å². The molecule has 0 aliphatic carbocycles. The van der Waals surface area contributed by atoms with Crippen molar-refractivity contribution in [3.63, 3.8) is 0 Å². The molecule has 6 nitrogen and oxygen atoms in total. The third-order valence-electron chi connectivity index (χ3n) is 5.76. The zero-order chi connectivity index (χ0) is 21.1. The fraction of sp³-hybridized carbons (Fsp3) is 0.348. The largest absolute Gasteiger partial charge is 0.322 e. The van der Waals surface area contributed by atoms with E-state index in [4.69, 9.17) is 0 Å². The molecular formula is C23H26N4O2S. The minimum Gasteiger partial charge on any atom is -0.322 e. The standard InChI is InChI=1S/C23H26N4O2S/c1-18-7-9-21(10-8-18)30(28,29)25-14-19-5-4-11-26(15-19)16-20-17-27-12-3-2-6-23(27)22(20)13-24/h2-3,6-10,12,17,19,25H,4-5,11,14-16H2,1H3. The molecule has 156 valence electrons. The minimum absolute atomic E-state index is 0.251. The average molecular weight is 423 g/mol. The molecule has 4 rings (SSSR count). The second-order valence-electron chi connectivity index (χ2n) is 8.04. The molecule has 1 atom stereocenters. The number of nitrogens with one attached hydrogen (secondary N) is 1. The highest BCUT2D eigenvalue weighted by Gasteiger charge is 2.24. The van der Waals surface area contributed by atoms with Gasteiger partial charge in [-0.15, -0.1) is 0 Å². The first-order valence-corrected chi connectivity index (χ1v) is 11.7. The normalized spacial score (nSPS) is 17.8. The van der Waals surface area contributed by atoms with Gasteiger partial charge in [0.05, 0.1) is 16.0 Å². The van der Waals surface area contributed by atoms with Crippen LogP contribution < -0.4 is 4.72 Å². The summed E-state index contributed by atoms with van der Waals surface area (Å²) in [7, 11) is -3.50. The molecule has 30 heavy (non-hydrogen) atoms. The van der Waals surface area contributed by atoms with Crippen LogP contribution in [-0.2, 0) is 16.6 Å². The van der Waals surface area contributed by atoms with Gasteiger partial charge in [0.25, 0.3) is 0 Å². The van der Waals surface area contributed by atoms with Gasteiger partial charge in [-0.25, -0.2) is 13.1 Å². The van der Waals surface area contributed by atoms with Gasteiger partial charge in [-0.3, -0.25) is 4.90 Å². The fourth-order valence-corrected chi connectivity index (χ4v) is 5.27. The van der Waals surface area contributed by atoms with Crippen molar-refractivity contribution in [2.45, 2.75) is 31.2 Å². The number of hydrogen-bond donors (Lipinski definition) is 1. The van der Waals surface area contributed by atoms with Crippen LogP contribution in [0, 0.1) is 24.2 Å².